The fourth-order valence-corrected chi connectivity index (χ4v) is 13.8. The van der Waals surface area contributed by atoms with Crippen LogP contribution in [-0.2, 0) is 65.4 Å². The van der Waals surface area contributed by atoms with Crippen LogP contribution in [0.25, 0.3) is 0 Å². The fraction of sp³-hybridized carbons (Fsp3) is 0.949. The average Bonchev–Trinajstić information content (AvgIpc) is 0.958. The Morgan fingerprint density at radius 1 is 0.286 bits per heavy atom. The third kappa shape index (κ3) is 71.1. The molecule has 0 aromatic heterocycles. The van der Waals surface area contributed by atoms with Gasteiger partial charge in [0.05, 0.1) is 26.4 Å². The number of unbranched alkanes of at least 4 members (excludes halogenated alkanes) is 50. The van der Waals surface area contributed by atoms with Crippen molar-refractivity contribution in [2.75, 3.05) is 39.6 Å². The molecule has 0 spiro atoms. The van der Waals surface area contributed by atoms with Crippen molar-refractivity contribution in [3.63, 3.8) is 0 Å². The van der Waals surface area contributed by atoms with Gasteiger partial charge in [-0.2, -0.15) is 0 Å². The molecule has 0 fully saturated rings. The molecule has 6 atom stereocenters. The molecule has 3 unspecified atom stereocenters. The van der Waals surface area contributed by atoms with Gasteiger partial charge in [0.25, 0.3) is 0 Å². The van der Waals surface area contributed by atoms with E-state index in [0.717, 1.165) is 102 Å². The van der Waals surface area contributed by atoms with Crippen molar-refractivity contribution in [1.82, 2.24) is 0 Å². The quantitative estimate of drug-likeness (QED) is 0.0222. The molecule has 98 heavy (non-hydrogen) atoms. The normalized spacial score (nSPS) is 14.2. The number of esters is 4. The van der Waals surface area contributed by atoms with Crippen molar-refractivity contribution in [3.8, 4) is 0 Å². The van der Waals surface area contributed by atoms with Crippen molar-refractivity contribution in [1.29, 1.82) is 0 Å². The number of aliphatic hydroxyl groups is 1. The van der Waals surface area contributed by atoms with Gasteiger partial charge in [-0.25, -0.2) is 9.13 Å². The fourth-order valence-electron chi connectivity index (χ4n) is 12.2. The molecule has 0 aliphatic carbocycles. The van der Waals surface area contributed by atoms with Crippen LogP contribution in [0.15, 0.2) is 0 Å². The first kappa shape index (κ1) is 96.1. The number of rotatable bonds is 79. The largest absolute Gasteiger partial charge is 0.472 e. The van der Waals surface area contributed by atoms with Gasteiger partial charge in [0.15, 0.2) is 12.2 Å². The summed E-state index contributed by atoms with van der Waals surface area (Å²) in [6, 6.07) is 0. The van der Waals surface area contributed by atoms with E-state index in [1.54, 1.807) is 0 Å². The van der Waals surface area contributed by atoms with Crippen LogP contribution in [0.1, 0.15) is 420 Å². The van der Waals surface area contributed by atoms with E-state index in [1.165, 1.54) is 238 Å². The first-order valence-electron chi connectivity index (χ1n) is 41.2. The minimum absolute atomic E-state index is 0.105. The summed E-state index contributed by atoms with van der Waals surface area (Å²) in [6.07, 6.45) is 62.6. The van der Waals surface area contributed by atoms with E-state index in [1.807, 2.05) is 0 Å². The first-order valence-corrected chi connectivity index (χ1v) is 44.2. The number of phosphoric ester groups is 2. The highest BCUT2D eigenvalue weighted by Crippen LogP contribution is 2.45. The van der Waals surface area contributed by atoms with Crippen molar-refractivity contribution in [2.45, 2.75) is 438 Å². The molecule has 0 saturated heterocycles. The zero-order valence-corrected chi connectivity index (χ0v) is 65.7. The SMILES string of the molecule is CCCCCCCCCCCCCCCCCCCCCC(=O)OC[C@H](COP(=O)(O)OC[C@@H](O)COP(=O)(O)OC[C@@H](COC(=O)CCCCCCCCCC)OC(=O)CCCCCCCCCCC(C)CC)OC(=O)CCCCCCCCCCCCCCCCCCCCC. The van der Waals surface area contributed by atoms with Crippen LogP contribution >= 0.6 is 15.6 Å². The molecule has 0 heterocycles. The average molecular weight is 1440 g/mol. The molecule has 17 nitrogen and oxygen atoms in total. The molecule has 19 heteroatoms. The Morgan fingerprint density at radius 3 is 0.724 bits per heavy atom. The lowest BCUT2D eigenvalue weighted by Gasteiger charge is -2.21. The molecule has 0 rings (SSSR count). The molecule has 3 N–H and O–H groups in total. The van der Waals surface area contributed by atoms with Crippen LogP contribution in [0.2, 0.25) is 0 Å². The summed E-state index contributed by atoms with van der Waals surface area (Å²) >= 11 is 0. The Bertz CT molecular complexity index is 1880. The summed E-state index contributed by atoms with van der Waals surface area (Å²) < 4.78 is 68.6. The number of hydrogen-bond donors (Lipinski definition) is 3. The standard InChI is InChI=1S/C79H154O17P2/c1-6-10-13-16-19-22-24-26-28-30-32-34-36-38-40-42-48-53-58-63-77(82)90-69-75(95-78(83)64-59-54-49-43-41-39-37-35-33-31-29-27-25-23-20-17-14-11-7-2)71-94-98(87,88)92-67-73(80)66-91-97(85,86)93-70-74(68-89-76(81)62-57-52-47-21-18-15-12-8-3)96-79(84)65-60-55-50-45-44-46-51-56-61-72(5)9-4/h72-75,80H,6-71H2,1-5H3,(H,85,86)(H,87,88)/t72?,73-,74+,75+/m0/s1. The van der Waals surface area contributed by atoms with Gasteiger partial charge >= 0.3 is 39.5 Å². The van der Waals surface area contributed by atoms with Gasteiger partial charge in [0.2, 0.25) is 0 Å². The van der Waals surface area contributed by atoms with Gasteiger partial charge in [-0.1, -0.05) is 369 Å². The highest BCUT2D eigenvalue weighted by molar-refractivity contribution is 7.47. The van der Waals surface area contributed by atoms with E-state index in [2.05, 4.69) is 34.6 Å². The van der Waals surface area contributed by atoms with E-state index in [0.29, 0.717) is 25.7 Å². The zero-order chi connectivity index (χ0) is 71.9. The number of hydrogen-bond acceptors (Lipinski definition) is 15. The molecule has 0 aliphatic heterocycles. The Hall–Kier alpha value is -1.94. The number of carbonyl (C=O) groups is 4. The second-order valence-electron chi connectivity index (χ2n) is 28.7. The molecule has 582 valence electrons. The van der Waals surface area contributed by atoms with Crippen LogP contribution in [0.3, 0.4) is 0 Å². The van der Waals surface area contributed by atoms with E-state index in [4.69, 9.17) is 37.0 Å². The Balaban J connectivity index is 5.19. The molecule has 0 amide bonds. The van der Waals surface area contributed by atoms with Crippen molar-refractivity contribution >= 4 is 39.5 Å². The third-order valence-corrected chi connectivity index (χ3v) is 20.8. The van der Waals surface area contributed by atoms with Gasteiger partial charge in [-0.3, -0.25) is 37.3 Å². The number of phosphoric acid groups is 2. The lowest BCUT2D eigenvalue weighted by Crippen LogP contribution is -2.30. The smallest absolute Gasteiger partial charge is 0.462 e. The number of carbonyl (C=O) groups excluding carboxylic acids is 4. The highest BCUT2D eigenvalue weighted by Gasteiger charge is 2.30. The summed E-state index contributed by atoms with van der Waals surface area (Å²) in [5.41, 5.74) is 0. The minimum Gasteiger partial charge on any atom is -0.462 e. The molecule has 0 radical (unpaired) electrons. The van der Waals surface area contributed by atoms with Crippen LogP contribution < -0.4 is 0 Å². The molecule has 0 bridgehead atoms. The molecule has 0 aliphatic rings. The van der Waals surface area contributed by atoms with Gasteiger partial charge < -0.3 is 33.8 Å². The monoisotopic (exact) mass is 1440 g/mol. The lowest BCUT2D eigenvalue weighted by atomic mass is 9.99. The van der Waals surface area contributed by atoms with Crippen LogP contribution in [0.5, 0.6) is 0 Å². The first-order chi connectivity index (χ1) is 47.6. The van der Waals surface area contributed by atoms with E-state index in [-0.39, 0.29) is 25.7 Å². The van der Waals surface area contributed by atoms with Gasteiger partial charge in [0, 0.05) is 25.7 Å². The number of aliphatic hydroxyl groups excluding tert-OH is 1. The topological polar surface area (TPSA) is 237 Å². The second-order valence-corrected chi connectivity index (χ2v) is 31.6. The maximum atomic E-state index is 13.1. The van der Waals surface area contributed by atoms with Crippen LogP contribution in [0, 0.1) is 5.92 Å². The highest BCUT2D eigenvalue weighted by atomic mass is 31.2. The van der Waals surface area contributed by atoms with Gasteiger partial charge in [0.1, 0.15) is 19.3 Å². The number of ether oxygens (including phenoxy) is 4. The molecule has 0 aromatic carbocycles. The Labute approximate surface area is 600 Å². The Kier molecular flexibility index (Phi) is 70.6. The minimum atomic E-state index is -4.96. The molecule has 0 saturated carbocycles. The molecular weight excluding hydrogens is 1280 g/mol. The van der Waals surface area contributed by atoms with Crippen LogP contribution in [0.4, 0.5) is 0 Å². The van der Waals surface area contributed by atoms with E-state index in [9.17, 15) is 43.2 Å². The summed E-state index contributed by atoms with van der Waals surface area (Å²) in [4.78, 5) is 72.8. The molecule has 0 aromatic rings. The van der Waals surface area contributed by atoms with E-state index < -0.39 is 97.5 Å². The summed E-state index contributed by atoms with van der Waals surface area (Å²) in [6.45, 7) is 7.28. The summed E-state index contributed by atoms with van der Waals surface area (Å²) in [7, 11) is -9.91. The van der Waals surface area contributed by atoms with Crippen molar-refractivity contribution in [2.24, 2.45) is 5.92 Å². The van der Waals surface area contributed by atoms with Crippen molar-refractivity contribution in [3.05, 3.63) is 0 Å². The maximum Gasteiger partial charge on any atom is 0.472 e. The van der Waals surface area contributed by atoms with Gasteiger partial charge in [-0.15, -0.1) is 0 Å². The predicted molar refractivity (Wildman–Crippen MR) is 400 cm³/mol. The predicted octanol–water partition coefficient (Wildman–Crippen LogP) is 23.6. The summed E-state index contributed by atoms with van der Waals surface area (Å²) in [5, 5.41) is 10.6. The second kappa shape index (κ2) is 72.0. The third-order valence-electron chi connectivity index (χ3n) is 18.9. The Morgan fingerprint density at radius 2 is 0.490 bits per heavy atom. The maximum absolute atomic E-state index is 13.1. The lowest BCUT2D eigenvalue weighted by molar-refractivity contribution is -0.161. The summed E-state index contributed by atoms with van der Waals surface area (Å²) in [5.74, 6) is -1.34. The zero-order valence-electron chi connectivity index (χ0n) is 63.9. The molecular formula is C79H154O17P2. The van der Waals surface area contributed by atoms with Crippen molar-refractivity contribution < 1.29 is 80.2 Å². The van der Waals surface area contributed by atoms with Crippen LogP contribution in [-0.4, -0.2) is 96.7 Å². The van der Waals surface area contributed by atoms with E-state index >= 15 is 0 Å². The van der Waals surface area contributed by atoms with Gasteiger partial charge in [-0.05, 0) is 31.6 Å².